The maximum atomic E-state index is 6.14. The van der Waals surface area contributed by atoms with Crippen molar-refractivity contribution in [2.75, 3.05) is 0 Å². The van der Waals surface area contributed by atoms with Crippen molar-refractivity contribution < 1.29 is 4.74 Å². The summed E-state index contributed by atoms with van der Waals surface area (Å²) >= 11 is 0. The molecule has 5 heteroatoms. The van der Waals surface area contributed by atoms with Crippen molar-refractivity contribution in [2.45, 2.75) is 32.9 Å². The predicted molar refractivity (Wildman–Crippen MR) is 85.1 cm³/mol. The van der Waals surface area contributed by atoms with E-state index in [4.69, 9.17) is 4.74 Å². The summed E-state index contributed by atoms with van der Waals surface area (Å²) in [4.78, 5) is 11.9. The first-order valence-corrected chi connectivity index (χ1v) is 7.53. The van der Waals surface area contributed by atoms with Crippen LogP contribution in [0.1, 0.15) is 23.7 Å². The van der Waals surface area contributed by atoms with Gasteiger partial charge in [-0.25, -0.2) is 9.97 Å². The van der Waals surface area contributed by atoms with E-state index >= 15 is 0 Å². The molecule has 1 aliphatic rings. The minimum Gasteiger partial charge on any atom is -0.438 e. The number of ether oxygens (including phenoxy) is 1. The molecule has 5 nitrogen and oxygen atoms in total. The third kappa shape index (κ3) is 2.14. The highest BCUT2D eigenvalue weighted by Gasteiger charge is 2.21. The number of nitrogens with zero attached hydrogens (tertiary/aromatic N) is 2. The Bertz CT molecular complexity index is 840. The van der Waals surface area contributed by atoms with Crippen molar-refractivity contribution in [3.05, 3.63) is 47.5 Å². The molecule has 0 unspecified atom stereocenters. The summed E-state index contributed by atoms with van der Waals surface area (Å²) in [6.07, 6.45) is 4.41. The lowest BCUT2D eigenvalue weighted by Crippen LogP contribution is -2.33. The molecule has 0 saturated heterocycles. The zero-order chi connectivity index (χ0) is 15.1. The van der Waals surface area contributed by atoms with E-state index in [0.717, 1.165) is 41.1 Å². The van der Waals surface area contributed by atoms with Gasteiger partial charge < -0.3 is 15.0 Å². The lowest BCUT2D eigenvalue weighted by molar-refractivity contribution is 0.428. The van der Waals surface area contributed by atoms with Gasteiger partial charge in [-0.1, -0.05) is 0 Å². The third-order valence-electron chi connectivity index (χ3n) is 4.28. The largest absolute Gasteiger partial charge is 0.438 e. The van der Waals surface area contributed by atoms with Crippen LogP contribution in [0.3, 0.4) is 0 Å². The molecule has 0 spiro atoms. The molecule has 0 radical (unpaired) electrons. The zero-order valence-corrected chi connectivity index (χ0v) is 12.7. The fourth-order valence-corrected chi connectivity index (χ4v) is 3.00. The van der Waals surface area contributed by atoms with E-state index in [9.17, 15) is 0 Å². The molecule has 2 aromatic heterocycles. The van der Waals surface area contributed by atoms with Crippen LogP contribution in [-0.2, 0) is 13.0 Å². The topological polar surface area (TPSA) is 62.8 Å². The van der Waals surface area contributed by atoms with Crippen LogP contribution < -0.4 is 10.1 Å². The van der Waals surface area contributed by atoms with E-state index in [-0.39, 0.29) is 0 Å². The maximum Gasteiger partial charge on any atom is 0.225 e. The molecule has 3 heterocycles. The smallest absolute Gasteiger partial charge is 0.225 e. The van der Waals surface area contributed by atoms with Crippen LogP contribution >= 0.6 is 0 Å². The van der Waals surface area contributed by atoms with Crippen molar-refractivity contribution in [3.8, 4) is 11.6 Å². The van der Waals surface area contributed by atoms with Gasteiger partial charge in [0, 0.05) is 40.8 Å². The van der Waals surface area contributed by atoms with Crippen molar-refractivity contribution in [1.82, 2.24) is 20.3 Å². The molecular formula is C17H18N4O. The number of aryl methyl sites for hydroxylation is 1. The van der Waals surface area contributed by atoms with Gasteiger partial charge in [-0.2, -0.15) is 0 Å². The van der Waals surface area contributed by atoms with Crippen LogP contribution in [0.5, 0.6) is 11.6 Å². The van der Waals surface area contributed by atoms with Crippen molar-refractivity contribution >= 4 is 10.9 Å². The van der Waals surface area contributed by atoms with E-state index in [0.29, 0.717) is 11.9 Å². The summed E-state index contributed by atoms with van der Waals surface area (Å²) < 4.78 is 6.14. The zero-order valence-electron chi connectivity index (χ0n) is 12.7. The highest BCUT2D eigenvalue weighted by Crippen LogP contribution is 2.32. The molecule has 0 fully saturated rings. The van der Waals surface area contributed by atoms with Gasteiger partial charge >= 0.3 is 0 Å². The minimum atomic E-state index is 0.411. The van der Waals surface area contributed by atoms with Crippen molar-refractivity contribution in [2.24, 2.45) is 0 Å². The molecule has 1 aromatic carbocycles. The number of aromatic nitrogens is 3. The van der Waals surface area contributed by atoms with E-state index in [1.807, 2.05) is 18.3 Å². The maximum absolute atomic E-state index is 6.14. The van der Waals surface area contributed by atoms with Crippen LogP contribution in [0.2, 0.25) is 0 Å². The number of nitrogens with one attached hydrogen (secondary N) is 2. The quantitative estimate of drug-likeness (QED) is 0.762. The lowest BCUT2D eigenvalue weighted by atomic mass is 10.0. The van der Waals surface area contributed by atoms with E-state index < -0.39 is 0 Å². The van der Waals surface area contributed by atoms with Crippen LogP contribution in [0.4, 0.5) is 0 Å². The number of hydrogen-bond acceptors (Lipinski definition) is 4. The summed E-state index contributed by atoms with van der Waals surface area (Å²) in [7, 11) is 0. The standard InChI is InChI=1S/C17H18N4O/c1-10-7-13-15(8-19-10)20-9-21-17(13)22-16-4-3-14-12(11(16)2)5-6-18-14/h3-6,9-10,18-19H,7-8H2,1-2H3/t10-/m0/s1. The molecule has 0 bridgehead atoms. The molecule has 4 rings (SSSR count). The summed E-state index contributed by atoms with van der Waals surface area (Å²) in [6, 6.07) is 6.51. The van der Waals surface area contributed by atoms with Gasteiger partial charge in [0.2, 0.25) is 5.88 Å². The monoisotopic (exact) mass is 294 g/mol. The molecule has 112 valence electrons. The van der Waals surface area contributed by atoms with Crippen LogP contribution in [-0.4, -0.2) is 21.0 Å². The summed E-state index contributed by atoms with van der Waals surface area (Å²) in [5, 5.41) is 4.59. The Morgan fingerprint density at radius 1 is 1.23 bits per heavy atom. The fraction of sp³-hybridized carbons (Fsp3) is 0.294. The number of aromatic amines is 1. The average molecular weight is 294 g/mol. The molecule has 22 heavy (non-hydrogen) atoms. The molecule has 0 saturated carbocycles. The molecular weight excluding hydrogens is 276 g/mol. The summed E-state index contributed by atoms with van der Waals surface area (Å²) in [5.74, 6) is 1.52. The SMILES string of the molecule is Cc1c(Oc2ncnc3c2C[C@H](C)NC3)ccc2[nH]ccc12. The molecule has 3 aromatic rings. The first kappa shape index (κ1) is 13.3. The lowest BCUT2D eigenvalue weighted by Gasteiger charge is -2.23. The van der Waals surface area contributed by atoms with Gasteiger partial charge in [-0.15, -0.1) is 0 Å². The Hall–Kier alpha value is -2.40. The highest BCUT2D eigenvalue weighted by atomic mass is 16.5. The van der Waals surface area contributed by atoms with E-state index in [2.05, 4.69) is 40.2 Å². The minimum absolute atomic E-state index is 0.411. The van der Waals surface area contributed by atoms with Crippen LogP contribution in [0, 0.1) is 6.92 Å². The van der Waals surface area contributed by atoms with Gasteiger partial charge in [0.15, 0.2) is 0 Å². The van der Waals surface area contributed by atoms with Crippen LogP contribution in [0.25, 0.3) is 10.9 Å². The van der Waals surface area contributed by atoms with Gasteiger partial charge in [-0.3, -0.25) is 0 Å². The second-order valence-electron chi connectivity index (χ2n) is 5.82. The number of H-pyrrole nitrogens is 1. The molecule has 1 aliphatic heterocycles. The Morgan fingerprint density at radius 2 is 2.14 bits per heavy atom. The number of rotatable bonds is 2. The predicted octanol–water partition coefficient (Wildman–Crippen LogP) is 3.09. The molecule has 0 amide bonds. The van der Waals surface area contributed by atoms with Crippen molar-refractivity contribution in [1.29, 1.82) is 0 Å². The first-order valence-electron chi connectivity index (χ1n) is 7.53. The third-order valence-corrected chi connectivity index (χ3v) is 4.28. The van der Waals surface area contributed by atoms with Crippen LogP contribution in [0.15, 0.2) is 30.7 Å². The number of benzene rings is 1. The molecule has 2 N–H and O–H groups in total. The molecule has 0 aliphatic carbocycles. The summed E-state index contributed by atoms with van der Waals surface area (Å²) in [5.41, 5.74) is 4.38. The number of hydrogen-bond donors (Lipinski definition) is 2. The second-order valence-corrected chi connectivity index (χ2v) is 5.82. The van der Waals surface area contributed by atoms with E-state index in [1.165, 1.54) is 5.39 Å². The highest BCUT2D eigenvalue weighted by molar-refractivity contribution is 5.85. The van der Waals surface area contributed by atoms with E-state index in [1.54, 1.807) is 6.33 Å². The van der Waals surface area contributed by atoms with Gasteiger partial charge in [0.05, 0.1) is 5.69 Å². The average Bonchev–Trinajstić information content (AvgIpc) is 3.00. The van der Waals surface area contributed by atoms with Gasteiger partial charge in [0.1, 0.15) is 12.1 Å². The van der Waals surface area contributed by atoms with Gasteiger partial charge in [0.25, 0.3) is 0 Å². The van der Waals surface area contributed by atoms with Crippen molar-refractivity contribution in [3.63, 3.8) is 0 Å². The Labute approximate surface area is 128 Å². The normalized spacial score (nSPS) is 17.5. The molecule has 1 atom stereocenters. The Morgan fingerprint density at radius 3 is 3.05 bits per heavy atom. The summed E-state index contributed by atoms with van der Waals surface area (Å²) in [6.45, 7) is 5.01. The van der Waals surface area contributed by atoms with Gasteiger partial charge in [-0.05, 0) is 38.5 Å². The fourth-order valence-electron chi connectivity index (χ4n) is 3.00. The first-order chi connectivity index (χ1) is 10.7. The Balaban J connectivity index is 1.75. The Kier molecular flexibility index (Phi) is 3.08. The second kappa shape index (κ2) is 5.10. The number of fused-ring (bicyclic) bond motifs is 2.